The van der Waals surface area contributed by atoms with Crippen LogP contribution in [-0.4, -0.2) is 6.36 Å². The maximum absolute atomic E-state index is 13.9. The SMILES string of the molecule is CC.CC1CCC(c2ccc(-c3cc(F)c(OC(F)(F)F)c(F)c3)cc2)CC1. The number of benzene rings is 2. The molecule has 3 rings (SSSR count). The van der Waals surface area contributed by atoms with Crippen molar-refractivity contribution in [2.75, 3.05) is 0 Å². The quantitative estimate of drug-likeness (QED) is 0.477. The Kier molecular flexibility index (Phi) is 7.44. The summed E-state index contributed by atoms with van der Waals surface area (Å²) in [5.74, 6) is -2.98. The summed E-state index contributed by atoms with van der Waals surface area (Å²) in [5.41, 5.74) is 1.88. The number of halogens is 5. The molecule has 0 unspecified atom stereocenters. The minimum atomic E-state index is -5.15. The van der Waals surface area contributed by atoms with Crippen molar-refractivity contribution in [2.45, 2.75) is 58.7 Å². The first kappa shape index (κ1) is 22.2. The Morgan fingerprint density at radius 3 is 1.79 bits per heavy atom. The first-order valence-electron chi connectivity index (χ1n) is 9.58. The predicted molar refractivity (Wildman–Crippen MR) is 100 cm³/mol. The third kappa shape index (κ3) is 5.69. The molecule has 0 amide bonds. The second-order valence-electron chi connectivity index (χ2n) is 6.90. The standard InChI is InChI=1S/C20H19F5O.C2H6/c1-12-2-4-13(5-3-12)14-6-8-15(9-7-14)16-10-17(21)19(18(22)11-16)26-20(23,24)25;1-2/h6-13H,2-5H2,1H3;1-2H3. The van der Waals surface area contributed by atoms with E-state index in [-0.39, 0.29) is 5.56 Å². The van der Waals surface area contributed by atoms with Crippen LogP contribution in [0.3, 0.4) is 0 Å². The van der Waals surface area contributed by atoms with E-state index in [0.717, 1.165) is 30.9 Å². The maximum Gasteiger partial charge on any atom is 0.573 e. The molecule has 1 aliphatic carbocycles. The molecule has 2 aromatic rings. The molecular weight excluding hydrogens is 375 g/mol. The molecule has 1 fully saturated rings. The van der Waals surface area contributed by atoms with Crippen molar-refractivity contribution >= 4 is 0 Å². The fourth-order valence-electron chi connectivity index (χ4n) is 3.48. The average molecular weight is 400 g/mol. The molecule has 1 aliphatic rings. The van der Waals surface area contributed by atoms with E-state index in [1.165, 1.54) is 18.4 Å². The lowest BCUT2D eigenvalue weighted by molar-refractivity contribution is -0.276. The van der Waals surface area contributed by atoms with Gasteiger partial charge in [0.05, 0.1) is 0 Å². The number of rotatable bonds is 3. The highest BCUT2D eigenvalue weighted by Crippen LogP contribution is 2.37. The van der Waals surface area contributed by atoms with Gasteiger partial charge in [-0.25, -0.2) is 8.78 Å². The van der Waals surface area contributed by atoms with Gasteiger partial charge in [-0.3, -0.25) is 0 Å². The molecule has 0 radical (unpaired) electrons. The Morgan fingerprint density at radius 2 is 1.32 bits per heavy atom. The molecule has 0 N–H and O–H groups in total. The van der Waals surface area contributed by atoms with Crippen LogP contribution in [0.15, 0.2) is 36.4 Å². The molecule has 0 atom stereocenters. The lowest BCUT2D eigenvalue weighted by Crippen LogP contribution is -2.19. The molecule has 0 saturated heterocycles. The molecule has 6 heteroatoms. The maximum atomic E-state index is 13.9. The lowest BCUT2D eigenvalue weighted by Gasteiger charge is -2.26. The predicted octanol–water partition coefficient (Wildman–Crippen LogP) is 7.85. The van der Waals surface area contributed by atoms with Gasteiger partial charge in [0, 0.05) is 0 Å². The van der Waals surface area contributed by atoms with Crippen LogP contribution in [-0.2, 0) is 0 Å². The molecule has 1 saturated carbocycles. The van der Waals surface area contributed by atoms with Gasteiger partial charge in [0.2, 0.25) is 5.75 Å². The van der Waals surface area contributed by atoms with Crippen LogP contribution in [0.2, 0.25) is 0 Å². The van der Waals surface area contributed by atoms with Gasteiger partial charge in [0.25, 0.3) is 0 Å². The molecule has 0 heterocycles. The Hall–Kier alpha value is -2.11. The first-order chi connectivity index (χ1) is 13.2. The van der Waals surface area contributed by atoms with E-state index >= 15 is 0 Å². The van der Waals surface area contributed by atoms with Crippen molar-refractivity contribution in [3.05, 3.63) is 53.6 Å². The molecule has 0 aliphatic heterocycles. The summed E-state index contributed by atoms with van der Waals surface area (Å²) in [4.78, 5) is 0. The first-order valence-corrected chi connectivity index (χ1v) is 9.58. The summed E-state index contributed by atoms with van der Waals surface area (Å²) in [6, 6.07) is 9.03. The minimum absolute atomic E-state index is 0.165. The van der Waals surface area contributed by atoms with Crippen LogP contribution in [0, 0.1) is 17.6 Å². The summed E-state index contributed by atoms with van der Waals surface area (Å²) in [7, 11) is 0. The fraction of sp³-hybridized carbons (Fsp3) is 0.455. The van der Waals surface area contributed by atoms with E-state index in [9.17, 15) is 22.0 Å². The van der Waals surface area contributed by atoms with E-state index in [1.54, 1.807) is 12.1 Å². The Labute approximate surface area is 162 Å². The lowest BCUT2D eigenvalue weighted by atomic mass is 9.79. The van der Waals surface area contributed by atoms with Gasteiger partial charge in [-0.05, 0) is 53.5 Å². The monoisotopic (exact) mass is 400 g/mol. The van der Waals surface area contributed by atoms with E-state index in [2.05, 4.69) is 11.7 Å². The van der Waals surface area contributed by atoms with Crippen LogP contribution in [0.1, 0.15) is 57.9 Å². The molecule has 2 aromatic carbocycles. The van der Waals surface area contributed by atoms with Crippen molar-refractivity contribution in [3.63, 3.8) is 0 Å². The highest BCUT2D eigenvalue weighted by molar-refractivity contribution is 5.65. The van der Waals surface area contributed by atoms with Crippen LogP contribution >= 0.6 is 0 Å². The summed E-state index contributed by atoms with van der Waals surface area (Å²) in [6.07, 6.45) is -0.546. The minimum Gasteiger partial charge on any atom is -0.399 e. The highest BCUT2D eigenvalue weighted by atomic mass is 19.4. The van der Waals surface area contributed by atoms with E-state index in [1.807, 2.05) is 26.0 Å². The van der Waals surface area contributed by atoms with Crippen molar-refractivity contribution < 1.29 is 26.7 Å². The molecule has 154 valence electrons. The zero-order chi connectivity index (χ0) is 20.9. The summed E-state index contributed by atoms with van der Waals surface area (Å²) >= 11 is 0. The van der Waals surface area contributed by atoms with Gasteiger partial charge >= 0.3 is 6.36 Å². The van der Waals surface area contributed by atoms with E-state index in [0.29, 0.717) is 11.5 Å². The van der Waals surface area contributed by atoms with Gasteiger partial charge in [-0.15, -0.1) is 13.2 Å². The topological polar surface area (TPSA) is 9.23 Å². The van der Waals surface area contributed by atoms with Gasteiger partial charge in [-0.1, -0.05) is 57.9 Å². The van der Waals surface area contributed by atoms with Crippen molar-refractivity contribution in [2.24, 2.45) is 5.92 Å². The number of ether oxygens (including phenoxy) is 1. The number of hydrogen-bond donors (Lipinski definition) is 0. The molecule has 0 bridgehead atoms. The van der Waals surface area contributed by atoms with Gasteiger partial charge in [-0.2, -0.15) is 0 Å². The third-order valence-electron chi connectivity index (χ3n) is 4.95. The molecular formula is C22H25F5O. The number of hydrogen-bond acceptors (Lipinski definition) is 1. The van der Waals surface area contributed by atoms with Crippen LogP contribution in [0.4, 0.5) is 22.0 Å². The smallest absolute Gasteiger partial charge is 0.399 e. The van der Waals surface area contributed by atoms with Crippen LogP contribution < -0.4 is 4.74 Å². The molecule has 0 spiro atoms. The van der Waals surface area contributed by atoms with Crippen molar-refractivity contribution in [1.82, 2.24) is 0 Å². The summed E-state index contributed by atoms with van der Waals surface area (Å²) in [6.45, 7) is 6.24. The van der Waals surface area contributed by atoms with Gasteiger partial charge in [0.1, 0.15) is 0 Å². The zero-order valence-corrected chi connectivity index (χ0v) is 16.2. The van der Waals surface area contributed by atoms with E-state index < -0.39 is 23.7 Å². The second kappa shape index (κ2) is 9.39. The van der Waals surface area contributed by atoms with Crippen LogP contribution in [0.25, 0.3) is 11.1 Å². The van der Waals surface area contributed by atoms with E-state index in [4.69, 9.17) is 0 Å². The Balaban J connectivity index is 0.00000136. The zero-order valence-electron chi connectivity index (χ0n) is 16.2. The Morgan fingerprint density at radius 1 is 0.821 bits per heavy atom. The third-order valence-corrected chi connectivity index (χ3v) is 4.95. The molecule has 1 nitrogen and oxygen atoms in total. The normalized spacial score (nSPS) is 19.6. The number of alkyl halides is 3. The fourth-order valence-corrected chi connectivity index (χ4v) is 3.48. The molecule has 0 aromatic heterocycles. The highest BCUT2D eigenvalue weighted by Gasteiger charge is 2.34. The van der Waals surface area contributed by atoms with Gasteiger partial charge in [0.15, 0.2) is 11.6 Å². The van der Waals surface area contributed by atoms with Crippen molar-refractivity contribution in [1.29, 1.82) is 0 Å². The van der Waals surface area contributed by atoms with Crippen LogP contribution in [0.5, 0.6) is 5.75 Å². The largest absolute Gasteiger partial charge is 0.573 e. The molecule has 28 heavy (non-hydrogen) atoms. The average Bonchev–Trinajstić information content (AvgIpc) is 2.66. The summed E-state index contributed by atoms with van der Waals surface area (Å²) in [5, 5.41) is 0. The van der Waals surface area contributed by atoms with Crippen molar-refractivity contribution in [3.8, 4) is 16.9 Å². The summed E-state index contributed by atoms with van der Waals surface area (Å²) < 4.78 is 67.8. The Bertz CT molecular complexity index is 736. The second-order valence-corrected chi connectivity index (χ2v) is 6.90. The van der Waals surface area contributed by atoms with Gasteiger partial charge < -0.3 is 4.74 Å².